The van der Waals surface area contributed by atoms with E-state index in [0.29, 0.717) is 11.4 Å². The van der Waals surface area contributed by atoms with E-state index in [4.69, 9.17) is 0 Å². The smallest absolute Gasteiger partial charge is 0.241 e. The quantitative estimate of drug-likeness (QED) is 0.156. The van der Waals surface area contributed by atoms with Crippen LogP contribution in [0.5, 0.6) is 0 Å². The van der Waals surface area contributed by atoms with E-state index >= 15 is 0 Å². The fourth-order valence-electron chi connectivity index (χ4n) is 3.92. The van der Waals surface area contributed by atoms with Crippen LogP contribution in [0.15, 0.2) is 73.1 Å². The van der Waals surface area contributed by atoms with Crippen molar-refractivity contribution in [2.45, 2.75) is 11.5 Å². The first-order valence-corrected chi connectivity index (χ1v) is 17.0. The molecular weight excluding hydrogens is 617 g/mol. The van der Waals surface area contributed by atoms with Crippen LogP contribution < -0.4 is 10.6 Å². The summed E-state index contributed by atoms with van der Waals surface area (Å²) in [6.45, 7) is 0. The summed E-state index contributed by atoms with van der Waals surface area (Å²) >= 11 is 0.770. The van der Waals surface area contributed by atoms with E-state index in [1.54, 1.807) is 0 Å². The van der Waals surface area contributed by atoms with Gasteiger partial charge in [-0.3, -0.25) is 20.2 Å². The van der Waals surface area contributed by atoms with Gasteiger partial charge in [-0.25, -0.2) is 26.8 Å². The molecule has 0 aliphatic heterocycles. The maximum atomic E-state index is 12.6. The number of carbonyl (C=O) groups is 2. The van der Waals surface area contributed by atoms with E-state index in [1.807, 2.05) is 60.7 Å². The number of imidazole rings is 2. The predicted molar refractivity (Wildman–Crippen MR) is 160 cm³/mol. The van der Waals surface area contributed by atoms with Crippen molar-refractivity contribution in [1.29, 1.82) is 0 Å². The zero-order chi connectivity index (χ0) is 30.5. The molecule has 43 heavy (non-hydrogen) atoms. The van der Waals surface area contributed by atoms with Crippen molar-refractivity contribution < 1.29 is 26.4 Å². The highest BCUT2D eigenvalue weighted by Gasteiger charge is 2.24. The van der Waals surface area contributed by atoms with E-state index in [9.17, 15) is 26.4 Å². The van der Waals surface area contributed by atoms with E-state index in [1.165, 1.54) is 12.4 Å². The first-order valence-electron chi connectivity index (χ1n) is 12.6. The number of sulfone groups is 2. The van der Waals surface area contributed by atoms with Gasteiger partial charge in [0.15, 0.2) is 19.7 Å². The molecule has 5 rings (SSSR count). The third kappa shape index (κ3) is 8.40. The van der Waals surface area contributed by atoms with Crippen LogP contribution in [0.1, 0.15) is 10.0 Å². The normalized spacial score (nSPS) is 11.7. The van der Waals surface area contributed by atoms with Crippen molar-refractivity contribution in [1.82, 2.24) is 30.1 Å². The lowest BCUT2D eigenvalue weighted by molar-refractivity contribution is -0.114. The fraction of sp³-hybridized carbons (Fsp3) is 0.154. The van der Waals surface area contributed by atoms with Gasteiger partial charge in [-0.1, -0.05) is 72.0 Å². The highest BCUT2D eigenvalue weighted by molar-refractivity contribution is 7.91. The van der Waals surface area contributed by atoms with Gasteiger partial charge >= 0.3 is 0 Å². The lowest BCUT2D eigenvalue weighted by atomic mass is 10.2. The van der Waals surface area contributed by atoms with E-state index in [-0.39, 0.29) is 21.9 Å². The van der Waals surface area contributed by atoms with Crippen molar-refractivity contribution in [2.75, 3.05) is 22.1 Å². The molecule has 0 spiro atoms. The molecule has 0 bridgehead atoms. The number of carbonyl (C=O) groups excluding carboxylic acids is 2. The highest BCUT2D eigenvalue weighted by atomic mass is 32.2. The summed E-state index contributed by atoms with van der Waals surface area (Å²) in [5, 5.41) is 12.4. The van der Waals surface area contributed by atoms with Gasteiger partial charge in [-0.15, -0.1) is 10.2 Å². The summed E-state index contributed by atoms with van der Waals surface area (Å²) < 4.78 is 50.4. The van der Waals surface area contributed by atoms with Gasteiger partial charge in [-0.05, 0) is 11.1 Å². The van der Waals surface area contributed by atoms with Crippen molar-refractivity contribution in [3.8, 4) is 22.5 Å². The molecule has 222 valence electrons. The molecule has 0 saturated heterocycles. The topological polar surface area (TPSA) is 210 Å². The minimum Gasteiger partial charge on any atom is -0.324 e. The molecule has 2 aromatic carbocycles. The second-order valence-corrected chi connectivity index (χ2v) is 14.5. The maximum Gasteiger partial charge on any atom is 0.241 e. The molecule has 0 atom stereocenters. The Hall–Kier alpha value is -4.74. The lowest BCUT2D eigenvalue weighted by Crippen LogP contribution is -2.24. The molecule has 0 fully saturated rings. The average Bonchev–Trinajstić information content (AvgIpc) is 3.70. The number of aromatic amines is 2. The first-order chi connectivity index (χ1) is 20.5. The van der Waals surface area contributed by atoms with Crippen LogP contribution in [0.25, 0.3) is 22.5 Å². The molecule has 5 aromatic rings. The summed E-state index contributed by atoms with van der Waals surface area (Å²) in [6.07, 6.45) is 3.03. The molecule has 0 radical (unpaired) electrons. The number of amides is 2. The summed E-state index contributed by atoms with van der Waals surface area (Å²) in [7, 11) is -7.94. The van der Waals surface area contributed by atoms with Crippen molar-refractivity contribution in [2.24, 2.45) is 0 Å². The number of benzene rings is 2. The van der Waals surface area contributed by atoms with Crippen molar-refractivity contribution in [3.63, 3.8) is 0 Å². The Balaban J connectivity index is 1.11. The largest absolute Gasteiger partial charge is 0.324 e. The molecule has 0 aliphatic rings. The Morgan fingerprint density at radius 1 is 0.651 bits per heavy atom. The number of hydrogen-bond acceptors (Lipinski definition) is 11. The van der Waals surface area contributed by atoms with Gasteiger partial charge < -0.3 is 9.97 Å². The van der Waals surface area contributed by atoms with Crippen LogP contribution in [0.4, 0.5) is 11.9 Å². The van der Waals surface area contributed by atoms with Gasteiger partial charge in [0, 0.05) is 0 Å². The van der Waals surface area contributed by atoms with Gasteiger partial charge in [0.25, 0.3) is 0 Å². The van der Waals surface area contributed by atoms with Crippen LogP contribution >= 0.6 is 11.3 Å². The fourth-order valence-corrected chi connectivity index (χ4v) is 7.92. The number of nitrogens with one attached hydrogen (secondary N) is 4. The van der Waals surface area contributed by atoms with Gasteiger partial charge in [-0.2, -0.15) is 0 Å². The minimum absolute atomic E-state index is 0.0100. The Bertz CT molecular complexity index is 1810. The SMILES string of the molecule is O=C(CS(=O)(=O)Cc1nnc(CS(=O)(=O)CC(=O)Nc2ncc(-c3ccccc3)[nH]2)s1)Nc1ncc(-c2ccccc2)[nH]1. The van der Waals surface area contributed by atoms with Crippen LogP contribution in [0, 0.1) is 0 Å². The average molecular weight is 641 g/mol. The zero-order valence-corrected chi connectivity index (χ0v) is 24.7. The van der Waals surface area contributed by atoms with E-state index < -0.39 is 54.5 Å². The summed E-state index contributed by atoms with van der Waals surface area (Å²) in [4.78, 5) is 38.6. The number of nitrogens with zero attached hydrogens (tertiary/aromatic N) is 4. The van der Waals surface area contributed by atoms with Crippen molar-refractivity contribution >= 4 is 54.7 Å². The molecule has 4 N–H and O–H groups in total. The van der Waals surface area contributed by atoms with Crippen LogP contribution in [-0.2, 0) is 40.8 Å². The Morgan fingerprint density at radius 2 is 1.05 bits per heavy atom. The molecule has 0 saturated carbocycles. The summed E-state index contributed by atoms with van der Waals surface area (Å²) in [6, 6.07) is 18.5. The molecule has 0 aliphatic carbocycles. The highest BCUT2D eigenvalue weighted by Crippen LogP contribution is 2.20. The molecule has 2 amide bonds. The van der Waals surface area contributed by atoms with E-state index in [0.717, 1.165) is 22.5 Å². The number of anilines is 2. The summed E-state index contributed by atoms with van der Waals surface area (Å²) in [5.74, 6) is -4.35. The molecule has 14 nitrogen and oxygen atoms in total. The summed E-state index contributed by atoms with van der Waals surface area (Å²) in [5.41, 5.74) is 2.97. The molecule has 0 unspecified atom stereocenters. The predicted octanol–water partition coefficient (Wildman–Crippen LogP) is 2.43. The first kappa shape index (κ1) is 29.7. The Kier molecular flexibility index (Phi) is 8.74. The minimum atomic E-state index is -3.97. The molecule has 17 heteroatoms. The maximum absolute atomic E-state index is 12.6. The van der Waals surface area contributed by atoms with E-state index in [2.05, 4.69) is 40.8 Å². The third-order valence-corrected chi connectivity index (χ3v) is 9.85. The second kappa shape index (κ2) is 12.6. The number of aromatic nitrogens is 6. The number of H-pyrrole nitrogens is 2. The third-order valence-electron chi connectivity index (χ3n) is 5.73. The number of hydrogen-bond donors (Lipinski definition) is 4. The van der Waals surface area contributed by atoms with Gasteiger partial charge in [0.2, 0.25) is 23.7 Å². The zero-order valence-electron chi connectivity index (χ0n) is 22.2. The Morgan fingerprint density at radius 3 is 1.44 bits per heavy atom. The van der Waals surface area contributed by atoms with Crippen molar-refractivity contribution in [3.05, 3.63) is 83.1 Å². The number of rotatable bonds is 12. The second-order valence-electron chi connectivity index (χ2n) is 9.27. The van der Waals surface area contributed by atoms with Crippen LogP contribution in [0.3, 0.4) is 0 Å². The van der Waals surface area contributed by atoms with Gasteiger partial charge in [0.1, 0.15) is 33.0 Å². The van der Waals surface area contributed by atoms with Gasteiger partial charge in [0.05, 0.1) is 23.8 Å². The standard InChI is InChI=1S/C26H24N8O6S3/c35-21(31-25-27-11-19(29-25)17-7-3-1-4-8-17)13-42(37,38)15-23-33-34-24(41-23)16-43(39,40)14-22(36)32-26-28-12-20(30-26)18-9-5-2-6-10-18/h1-12H,13-16H2,(H2,27,29,31,35)(H2,28,30,32,36). The lowest BCUT2D eigenvalue weighted by Gasteiger charge is -2.03. The Labute approximate surface area is 249 Å². The van der Waals surface area contributed by atoms with Crippen LogP contribution in [-0.4, -0.2) is 70.3 Å². The van der Waals surface area contributed by atoms with Crippen LogP contribution in [0.2, 0.25) is 0 Å². The molecular formula is C26H24N8O6S3. The molecule has 3 aromatic heterocycles. The molecule has 3 heterocycles. The monoisotopic (exact) mass is 640 g/mol.